The second kappa shape index (κ2) is 4.33. The van der Waals surface area contributed by atoms with Crippen molar-refractivity contribution >= 4 is 11.6 Å². The predicted molar refractivity (Wildman–Crippen MR) is 72.1 cm³/mol. The zero-order chi connectivity index (χ0) is 13.6. The molecule has 1 aliphatic carbocycles. The van der Waals surface area contributed by atoms with Gasteiger partial charge in [-0.05, 0) is 45.6 Å². The molecule has 0 radical (unpaired) electrons. The topological polar surface area (TPSA) is 59.3 Å². The Labute approximate surface area is 112 Å². The first-order valence-electron chi connectivity index (χ1n) is 6.69. The molecule has 5 heteroatoms. The summed E-state index contributed by atoms with van der Waals surface area (Å²) in [5, 5.41) is 7.28. The summed E-state index contributed by atoms with van der Waals surface area (Å²) >= 11 is 0. The number of fused-ring (bicyclic) bond motifs is 1. The minimum Gasteiger partial charge on any atom is -0.349 e. The molecule has 1 saturated carbocycles. The summed E-state index contributed by atoms with van der Waals surface area (Å²) in [5.74, 6) is 0.564. The first-order chi connectivity index (χ1) is 9.06. The van der Waals surface area contributed by atoms with Gasteiger partial charge in [-0.25, -0.2) is 9.50 Å². The Morgan fingerprint density at radius 3 is 2.89 bits per heavy atom. The van der Waals surface area contributed by atoms with Gasteiger partial charge in [0.15, 0.2) is 5.65 Å². The molecule has 0 saturated heterocycles. The van der Waals surface area contributed by atoms with Crippen LogP contribution in [0, 0.1) is 19.8 Å². The number of aryl methyl sites for hydroxylation is 2. The molecule has 3 rings (SSSR count). The van der Waals surface area contributed by atoms with E-state index in [4.69, 9.17) is 0 Å². The molecule has 1 unspecified atom stereocenters. The van der Waals surface area contributed by atoms with Crippen molar-refractivity contribution < 1.29 is 4.79 Å². The molecule has 0 spiro atoms. The van der Waals surface area contributed by atoms with Gasteiger partial charge >= 0.3 is 0 Å². The third kappa shape index (κ3) is 2.20. The summed E-state index contributed by atoms with van der Waals surface area (Å²) in [7, 11) is 0. The SMILES string of the molecule is Cc1cc(C)n2ncc(C(=O)NC(C)C3CC3)c2n1. The average Bonchev–Trinajstić information content (AvgIpc) is 3.09. The molecule has 2 aromatic rings. The van der Waals surface area contributed by atoms with Gasteiger partial charge in [-0.15, -0.1) is 0 Å². The minimum atomic E-state index is -0.0769. The smallest absolute Gasteiger partial charge is 0.256 e. The van der Waals surface area contributed by atoms with Gasteiger partial charge in [0.1, 0.15) is 5.56 Å². The summed E-state index contributed by atoms with van der Waals surface area (Å²) in [6, 6.07) is 2.18. The van der Waals surface area contributed by atoms with Crippen LogP contribution in [0.25, 0.3) is 5.65 Å². The fraction of sp³-hybridized carbons (Fsp3) is 0.500. The van der Waals surface area contributed by atoms with Crippen LogP contribution < -0.4 is 5.32 Å². The molecule has 100 valence electrons. The van der Waals surface area contributed by atoms with E-state index in [2.05, 4.69) is 22.3 Å². The maximum atomic E-state index is 12.3. The van der Waals surface area contributed by atoms with Crippen molar-refractivity contribution in [1.29, 1.82) is 0 Å². The van der Waals surface area contributed by atoms with Gasteiger partial charge in [0, 0.05) is 17.4 Å². The van der Waals surface area contributed by atoms with Crippen molar-refractivity contribution in [3.05, 3.63) is 29.2 Å². The van der Waals surface area contributed by atoms with Crippen LogP contribution in [0.3, 0.4) is 0 Å². The molecule has 0 aliphatic heterocycles. The van der Waals surface area contributed by atoms with Crippen LogP contribution in [0.5, 0.6) is 0 Å². The van der Waals surface area contributed by atoms with Crippen LogP contribution in [-0.4, -0.2) is 26.5 Å². The Kier molecular flexibility index (Phi) is 2.77. The fourth-order valence-corrected chi connectivity index (χ4v) is 2.43. The normalized spacial score (nSPS) is 16.6. The Balaban J connectivity index is 1.93. The zero-order valence-corrected chi connectivity index (χ0v) is 11.5. The first kappa shape index (κ1) is 12.1. The van der Waals surface area contributed by atoms with Gasteiger partial charge in [-0.2, -0.15) is 5.10 Å². The maximum absolute atomic E-state index is 12.3. The first-order valence-corrected chi connectivity index (χ1v) is 6.69. The highest BCUT2D eigenvalue weighted by Crippen LogP contribution is 2.32. The number of nitrogens with one attached hydrogen (secondary N) is 1. The van der Waals surface area contributed by atoms with Gasteiger partial charge in [-0.3, -0.25) is 4.79 Å². The van der Waals surface area contributed by atoms with Crippen LogP contribution >= 0.6 is 0 Å². The third-order valence-electron chi connectivity index (χ3n) is 3.71. The lowest BCUT2D eigenvalue weighted by Crippen LogP contribution is -2.34. The summed E-state index contributed by atoms with van der Waals surface area (Å²) in [6.07, 6.45) is 4.03. The Bertz CT molecular complexity index is 642. The number of nitrogens with zero attached hydrogens (tertiary/aromatic N) is 3. The Morgan fingerprint density at radius 2 is 2.21 bits per heavy atom. The van der Waals surface area contributed by atoms with Gasteiger partial charge in [0.2, 0.25) is 0 Å². The number of carbonyl (C=O) groups is 1. The molecule has 0 aromatic carbocycles. The molecule has 1 fully saturated rings. The number of rotatable bonds is 3. The third-order valence-corrected chi connectivity index (χ3v) is 3.71. The van der Waals surface area contributed by atoms with Crippen molar-refractivity contribution in [3.8, 4) is 0 Å². The molecule has 19 heavy (non-hydrogen) atoms. The Hall–Kier alpha value is -1.91. The minimum absolute atomic E-state index is 0.0769. The number of amides is 1. The lowest BCUT2D eigenvalue weighted by Gasteiger charge is -2.11. The summed E-state index contributed by atoms with van der Waals surface area (Å²) in [4.78, 5) is 16.7. The van der Waals surface area contributed by atoms with Crippen molar-refractivity contribution in [2.24, 2.45) is 5.92 Å². The van der Waals surface area contributed by atoms with E-state index in [-0.39, 0.29) is 11.9 Å². The molecule has 2 aromatic heterocycles. The molecule has 5 nitrogen and oxygen atoms in total. The highest BCUT2D eigenvalue weighted by molar-refractivity contribution is 5.99. The standard InChI is InChI=1S/C14H18N4O/c1-8-6-9(2)18-13(16-8)12(7-15-18)14(19)17-10(3)11-4-5-11/h6-7,10-11H,4-5H2,1-3H3,(H,17,19). The average molecular weight is 258 g/mol. The summed E-state index contributed by atoms with van der Waals surface area (Å²) in [5.41, 5.74) is 3.07. The van der Waals surface area contributed by atoms with Gasteiger partial charge in [0.05, 0.1) is 6.20 Å². The molecule has 1 amide bonds. The van der Waals surface area contributed by atoms with E-state index in [9.17, 15) is 4.79 Å². The van der Waals surface area contributed by atoms with E-state index < -0.39 is 0 Å². The van der Waals surface area contributed by atoms with E-state index in [0.717, 1.165) is 11.4 Å². The highest BCUT2D eigenvalue weighted by atomic mass is 16.1. The van der Waals surface area contributed by atoms with Crippen LogP contribution in [0.4, 0.5) is 0 Å². The highest BCUT2D eigenvalue weighted by Gasteiger charge is 2.29. The fourth-order valence-electron chi connectivity index (χ4n) is 2.43. The largest absolute Gasteiger partial charge is 0.349 e. The van der Waals surface area contributed by atoms with E-state index in [1.54, 1.807) is 10.7 Å². The van der Waals surface area contributed by atoms with E-state index in [0.29, 0.717) is 17.1 Å². The lowest BCUT2D eigenvalue weighted by molar-refractivity contribution is 0.0937. The number of aromatic nitrogens is 3. The Morgan fingerprint density at radius 1 is 1.47 bits per heavy atom. The number of carbonyl (C=O) groups excluding carboxylic acids is 1. The molecule has 1 atom stereocenters. The van der Waals surface area contributed by atoms with Crippen molar-refractivity contribution in [3.63, 3.8) is 0 Å². The van der Waals surface area contributed by atoms with Crippen molar-refractivity contribution in [2.75, 3.05) is 0 Å². The predicted octanol–water partition coefficient (Wildman–Crippen LogP) is 1.87. The summed E-state index contributed by atoms with van der Waals surface area (Å²) in [6.45, 7) is 5.95. The molecule has 1 aliphatic rings. The number of hydrogen-bond donors (Lipinski definition) is 1. The second-order valence-corrected chi connectivity index (χ2v) is 5.43. The molecule has 2 heterocycles. The molecule has 0 bridgehead atoms. The van der Waals surface area contributed by atoms with E-state index in [1.165, 1.54) is 12.8 Å². The quantitative estimate of drug-likeness (QED) is 0.914. The van der Waals surface area contributed by atoms with E-state index >= 15 is 0 Å². The molecule has 1 N–H and O–H groups in total. The van der Waals surface area contributed by atoms with Gasteiger partial charge < -0.3 is 5.32 Å². The molecular weight excluding hydrogens is 240 g/mol. The van der Waals surface area contributed by atoms with Gasteiger partial charge in [0.25, 0.3) is 5.91 Å². The molecular formula is C14H18N4O. The van der Waals surface area contributed by atoms with E-state index in [1.807, 2.05) is 19.9 Å². The lowest BCUT2D eigenvalue weighted by atomic mass is 10.2. The maximum Gasteiger partial charge on any atom is 0.256 e. The van der Waals surface area contributed by atoms with Crippen LogP contribution in [0.2, 0.25) is 0 Å². The number of hydrogen-bond acceptors (Lipinski definition) is 3. The van der Waals surface area contributed by atoms with Crippen molar-refractivity contribution in [1.82, 2.24) is 19.9 Å². The van der Waals surface area contributed by atoms with Crippen LogP contribution in [-0.2, 0) is 0 Å². The zero-order valence-electron chi connectivity index (χ0n) is 11.5. The van der Waals surface area contributed by atoms with Crippen LogP contribution in [0.15, 0.2) is 12.3 Å². The van der Waals surface area contributed by atoms with Crippen LogP contribution in [0.1, 0.15) is 41.5 Å². The second-order valence-electron chi connectivity index (χ2n) is 5.43. The monoisotopic (exact) mass is 258 g/mol. The van der Waals surface area contributed by atoms with Crippen molar-refractivity contribution in [2.45, 2.75) is 39.7 Å². The van der Waals surface area contributed by atoms with Gasteiger partial charge in [-0.1, -0.05) is 0 Å². The summed E-state index contributed by atoms with van der Waals surface area (Å²) < 4.78 is 1.71.